The van der Waals surface area contributed by atoms with E-state index in [1.165, 1.54) is 24.3 Å². The number of carbonyl (C=O) groups excluding carboxylic acids is 1. The van der Waals surface area contributed by atoms with Gasteiger partial charge in [-0.25, -0.2) is 8.78 Å². The number of hydrogen-bond acceptors (Lipinski definition) is 2. The van der Waals surface area contributed by atoms with Crippen LogP contribution in [0.4, 0.5) is 22.0 Å². The minimum absolute atomic E-state index is 0.0241. The van der Waals surface area contributed by atoms with Gasteiger partial charge in [0.1, 0.15) is 5.82 Å². The Morgan fingerprint density at radius 2 is 1.74 bits per heavy atom. The number of alkyl halides is 4. The molecule has 0 aromatic heterocycles. The normalized spacial score (nSPS) is 24.0. The van der Waals surface area contributed by atoms with E-state index in [0.717, 1.165) is 11.1 Å². The predicted molar refractivity (Wildman–Crippen MR) is 122 cm³/mol. The number of aryl methyl sites for hydroxylation is 1. The quantitative estimate of drug-likeness (QED) is 0.547. The second-order valence-corrected chi connectivity index (χ2v) is 10.8. The summed E-state index contributed by atoms with van der Waals surface area (Å²) in [6.07, 6.45) is -3.54. The largest absolute Gasteiger partial charge is 0.426 e. The summed E-state index contributed by atoms with van der Waals surface area (Å²) in [5.41, 5.74) is -3.41. The molecule has 35 heavy (non-hydrogen) atoms. The van der Waals surface area contributed by atoms with Gasteiger partial charge in [-0.05, 0) is 80.3 Å². The lowest BCUT2D eigenvalue weighted by molar-refractivity contribution is -0.228. The Kier molecular flexibility index (Phi) is 6.27. The van der Waals surface area contributed by atoms with E-state index < -0.39 is 28.4 Å². The SMILES string of the molecule is CC(C)(O)CC(=O)N1CC2CCc3cc(C(C)(F)C(F)(F)F)ccc3C2(Cc2ccc(F)cc2)C1. The molecule has 1 amide bonds. The number of rotatable bonds is 5. The molecule has 2 aliphatic rings. The first-order valence-corrected chi connectivity index (χ1v) is 11.8. The van der Waals surface area contributed by atoms with E-state index in [1.54, 1.807) is 36.9 Å². The first-order chi connectivity index (χ1) is 16.1. The molecule has 2 aromatic carbocycles. The monoisotopic (exact) mass is 495 g/mol. The minimum Gasteiger partial charge on any atom is -0.390 e. The van der Waals surface area contributed by atoms with Crippen LogP contribution in [0.25, 0.3) is 0 Å². The van der Waals surface area contributed by atoms with Crippen LogP contribution in [0.3, 0.4) is 0 Å². The van der Waals surface area contributed by atoms with Crippen molar-refractivity contribution < 1.29 is 31.9 Å². The maximum Gasteiger partial charge on any atom is 0.426 e. The van der Waals surface area contributed by atoms with Gasteiger partial charge in [0.25, 0.3) is 0 Å². The number of benzene rings is 2. The summed E-state index contributed by atoms with van der Waals surface area (Å²) in [6, 6.07) is 10.2. The van der Waals surface area contributed by atoms with Crippen molar-refractivity contribution in [2.45, 2.75) is 69.3 Å². The molecule has 0 radical (unpaired) electrons. The zero-order valence-electron chi connectivity index (χ0n) is 20.1. The molecule has 4 rings (SSSR count). The lowest BCUT2D eigenvalue weighted by Gasteiger charge is -2.41. The second kappa shape index (κ2) is 8.57. The van der Waals surface area contributed by atoms with Crippen molar-refractivity contribution in [1.29, 1.82) is 0 Å². The molecule has 0 saturated carbocycles. The number of aliphatic hydroxyl groups is 1. The summed E-state index contributed by atoms with van der Waals surface area (Å²) in [7, 11) is 0. The first-order valence-electron chi connectivity index (χ1n) is 11.8. The van der Waals surface area contributed by atoms with Gasteiger partial charge < -0.3 is 10.0 Å². The van der Waals surface area contributed by atoms with Gasteiger partial charge in [-0.1, -0.05) is 30.3 Å². The molecule has 3 unspecified atom stereocenters. The summed E-state index contributed by atoms with van der Waals surface area (Å²) in [5.74, 6) is -0.549. The summed E-state index contributed by atoms with van der Waals surface area (Å²) < 4.78 is 68.4. The predicted octanol–water partition coefficient (Wildman–Crippen LogP) is 5.62. The van der Waals surface area contributed by atoms with Crippen LogP contribution in [-0.4, -0.2) is 40.8 Å². The molecule has 1 N–H and O–H groups in total. The molecule has 2 aromatic rings. The highest BCUT2D eigenvalue weighted by Gasteiger charge is 2.55. The molecule has 3 atom stereocenters. The molecule has 1 heterocycles. The third-order valence-electron chi connectivity index (χ3n) is 7.54. The van der Waals surface area contributed by atoms with Crippen LogP contribution in [-0.2, 0) is 28.7 Å². The van der Waals surface area contributed by atoms with Crippen molar-refractivity contribution in [3.63, 3.8) is 0 Å². The Hall–Kier alpha value is -2.48. The van der Waals surface area contributed by atoms with Crippen LogP contribution in [0.15, 0.2) is 42.5 Å². The van der Waals surface area contributed by atoms with Crippen molar-refractivity contribution in [2.75, 3.05) is 13.1 Å². The van der Waals surface area contributed by atoms with Crippen molar-refractivity contribution in [3.8, 4) is 0 Å². The van der Waals surface area contributed by atoms with Crippen molar-refractivity contribution in [2.24, 2.45) is 5.92 Å². The van der Waals surface area contributed by atoms with Crippen molar-refractivity contribution >= 4 is 5.91 Å². The second-order valence-electron chi connectivity index (χ2n) is 10.8. The number of fused-ring (bicyclic) bond motifs is 3. The van der Waals surface area contributed by atoms with Gasteiger partial charge in [-0.15, -0.1) is 0 Å². The topological polar surface area (TPSA) is 40.5 Å². The van der Waals surface area contributed by atoms with Gasteiger partial charge in [0.05, 0.1) is 12.0 Å². The number of amides is 1. The zero-order valence-corrected chi connectivity index (χ0v) is 20.1. The Morgan fingerprint density at radius 1 is 1.09 bits per heavy atom. The van der Waals surface area contributed by atoms with E-state index in [9.17, 15) is 31.9 Å². The molecule has 0 bridgehead atoms. The van der Waals surface area contributed by atoms with E-state index >= 15 is 0 Å². The minimum atomic E-state index is -5.04. The molecular formula is C27H30F5NO2. The van der Waals surface area contributed by atoms with Gasteiger partial charge in [0.15, 0.2) is 0 Å². The smallest absolute Gasteiger partial charge is 0.390 e. The van der Waals surface area contributed by atoms with E-state index in [-0.39, 0.29) is 24.1 Å². The van der Waals surface area contributed by atoms with Crippen molar-refractivity contribution in [3.05, 3.63) is 70.5 Å². The summed E-state index contributed by atoms with van der Waals surface area (Å²) >= 11 is 0. The van der Waals surface area contributed by atoms with Crippen LogP contribution in [0.5, 0.6) is 0 Å². The molecular weight excluding hydrogens is 465 g/mol. The number of likely N-dealkylation sites (tertiary alicyclic amines) is 1. The molecule has 0 spiro atoms. The Bertz CT molecular complexity index is 1100. The van der Waals surface area contributed by atoms with Crippen LogP contribution in [0.1, 0.15) is 55.9 Å². The lowest BCUT2D eigenvalue weighted by Crippen LogP contribution is -2.43. The molecule has 3 nitrogen and oxygen atoms in total. The van der Waals surface area contributed by atoms with E-state index in [4.69, 9.17) is 0 Å². The molecule has 1 saturated heterocycles. The fourth-order valence-electron chi connectivity index (χ4n) is 5.65. The third-order valence-corrected chi connectivity index (χ3v) is 7.54. The molecule has 190 valence electrons. The average molecular weight is 496 g/mol. The maximum atomic E-state index is 14.7. The number of hydrogen-bond donors (Lipinski definition) is 1. The van der Waals surface area contributed by atoms with Gasteiger partial charge in [-0.3, -0.25) is 4.79 Å². The first kappa shape index (κ1) is 25.6. The zero-order chi connectivity index (χ0) is 25.8. The Morgan fingerprint density at radius 3 is 2.34 bits per heavy atom. The Balaban J connectivity index is 1.77. The van der Waals surface area contributed by atoms with Crippen LogP contribution in [0, 0.1) is 11.7 Å². The van der Waals surface area contributed by atoms with Crippen LogP contribution < -0.4 is 0 Å². The van der Waals surface area contributed by atoms with Crippen LogP contribution in [0.2, 0.25) is 0 Å². The summed E-state index contributed by atoms with van der Waals surface area (Å²) in [6.45, 7) is 4.44. The standard InChI is InChI=1S/C27H30F5NO2/c1-24(2,35)14-23(34)33-15-20-7-6-18-12-19(25(3,29)27(30,31)32)8-11-22(18)26(20,16-33)13-17-4-9-21(28)10-5-17/h4-5,8-12,20,35H,6-7,13-16H2,1-3H3. The fraction of sp³-hybridized carbons (Fsp3) is 0.519. The number of nitrogens with zero attached hydrogens (tertiary/aromatic N) is 1. The third kappa shape index (κ3) is 4.82. The fourth-order valence-corrected chi connectivity index (χ4v) is 5.65. The maximum absolute atomic E-state index is 14.7. The highest BCUT2D eigenvalue weighted by Crippen LogP contribution is 2.51. The lowest BCUT2D eigenvalue weighted by atomic mass is 9.62. The van der Waals surface area contributed by atoms with E-state index in [1.807, 2.05) is 0 Å². The Labute approximate surface area is 201 Å². The highest BCUT2D eigenvalue weighted by atomic mass is 19.4. The molecule has 1 aliphatic heterocycles. The van der Waals surface area contributed by atoms with Gasteiger partial charge in [-0.2, -0.15) is 13.2 Å². The van der Waals surface area contributed by atoms with Gasteiger partial charge in [0, 0.05) is 18.5 Å². The molecule has 8 heteroatoms. The summed E-state index contributed by atoms with van der Waals surface area (Å²) in [5, 5.41) is 10.2. The van der Waals surface area contributed by atoms with Gasteiger partial charge >= 0.3 is 6.18 Å². The van der Waals surface area contributed by atoms with Crippen LogP contribution >= 0.6 is 0 Å². The molecule has 1 fully saturated rings. The summed E-state index contributed by atoms with van der Waals surface area (Å²) in [4.78, 5) is 14.7. The highest BCUT2D eigenvalue weighted by molar-refractivity contribution is 5.78. The number of halogens is 5. The average Bonchev–Trinajstić information content (AvgIpc) is 3.13. The number of carbonyl (C=O) groups is 1. The van der Waals surface area contributed by atoms with Crippen molar-refractivity contribution in [1.82, 2.24) is 4.90 Å². The van der Waals surface area contributed by atoms with E-state index in [2.05, 4.69) is 0 Å². The molecule has 1 aliphatic carbocycles. The van der Waals surface area contributed by atoms with E-state index in [0.29, 0.717) is 44.8 Å². The van der Waals surface area contributed by atoms with Gasteiger partial charge in [0.2, 0.25) is 11.6 Å².